The van der Waals surface area contributed by atoms with Gasteiger partial charge in [0.2, 0.25) is 11.8 Å². The van der Waals surface area contributed by atoms with Gasteiger partial charge in [-0.3, -0.25) is 9.59 Å². The third kappa shape index (κ3) is 5.47. The minimum Gasteiger partial charge on any atom is -0.508 e. The predicted octanol–water partition coefficient (Wildman–Crippen LogP) is 1.54. The zero-order chi connectivity index (χ0) is 16.7. The summed E-state index contributed by atoms with van der Waals surface area (Å²) in [6.07, 6.45) is 1.16. The predicted molar refractivity (Wildman–Crippen MR) is 87.7 cm³/mol. The van der Waals surface area contributed by atoms with Crippen LogP contribution in [0.4, 0.5) is 0 Å². The molecule has 0 fully saturated rings. The van der Waals surface area contributed by atoms with E-state index in [0.29, 0.717) is 12.8 Å². The van der Waals surface area contributed by atoms with E-state index < -0.39 is 11.9 Å². The van der Waals surface area contributed by atoms with Crippen LogP contribution in [0.5, 0.6) is 5.75 Å². The van der Waals surface area contributed by atoms with Crippen LogP contribution in [0.25, 0.3) is 0 Å². The number of phenols is 1. The molecule has 0 aliphatic heterocycles. The molecule has 0 radical (unpaired) electrons. The summed E-state index contributed by atoms with van der Waals surface area (Å²) >= 11 is 0. The van der Waals surface area contributed by atoms with Gasteiger partial charge in [0.25, 0.3) is 0 Å². The number of primary amides is 1. The average molecular weight is 312 g/mol. The Labute approximate surface area is 135 Å². The molecule has 2 amide bonds. The number of carbonyl (C=O) groups is 2. The second-order valence-electron chi connectivity index (χ2n) is 5.38. The first kappa shape index (κ1) is 16.5. The Morgan fingerprint density at radius 1 is 1.00 bits per heavy atom. The molecule has 0 aliphatic carbocycles. The first-order valence-corrected chi connectivity index (χ1v) is 7.45. The zero-order valence-electron chi connectivity index (χ0n) is 12.7. The summed E-state index contributed by atoms with van der Waals surface area (Å²) in [5.74, 6) is -0.584. The molecule has 1 atom stereocenters. The van der Waals surface area contributed by atoms with Crippen molar-refractivity contribution in [2.45, 2.75) is 25.3 Å². The number of carbonyl (C=O) groups excluding carboxylic acids is 2. The highest BCUT2D eigenvalue weighted by Gasteiger charge is 2.18. The fourth-order valence-corrected chi connectivity index (χ4v) is 2.26. The number of aryl methyl sites for hydroxylation is 1. The maximum atomic E-state index is 12.0. The van der Waals surface area contributed by atoms with Gasteiger partial charge in [0, 0.05) is 12.8 Å². The molecule has 0 saturated heterocycles. The van der Waals surface area contributed by atoms with Crippen molar-refractivity contribution >= 4 is 11.8 Å². The Bertz CT molecular complexity index is 654. The lowest BCUT2D eigenvalue weighted by atomic mass is 10.0. The van der Waals surface area contributed by atoms with Gasteiger partial charge in [-0.05, 0) is 29.7 Å². The molecule has 0 saturated carbocycles. The number of nitrogens with one attached hydrogen (secondary N) is 1. The maximum Gasteiger partial charge on any atom is 0.240 e. The summed E-state index contributed by atoms with van der Waals surface area (Å²) in [6, 6.07) is 15.4. The third-order valence-electron chi connectivity index (χ3n) is 3.54. The first-order chi connectivity index (χ1) is 11.0. The highest BCUT2D eigenvalue weighted by Crippen LogP contribution is 2.11. The number of aromatic hydroxyl groups is 1. The number of hydrogen-bond donors (Lipinski definition) is 3. The van der Waals surface area contributed by atoms with Crippen LogP contribution in [0.1, 0.15) is 17.5 Å². The molecular formula is C18H20N2O3. The topological polar surface area (TPSA) is 92.4 Å². The van der Waals surface area contributed by atoms with E-state index in [1.807, 2.05) is 30.3 Å². The van der Waals surface area contributed by atoms with Gasteiger partial charge in [0.1, 0.15) is 11.8 Å². The Morgan fingerprint density at radius 2 is 1.65 bits per heavy atom. The van der Waals surface area contributed by atoms with Crippen molar-refractivity contribution in [3.05, 3.63) is 65.7 Å². The van der Waals surface area contributed by atoms with Gasteiger partial charge in [0.05, 0.1) is 0 Å². The van der Waals surface area contributed by atoms with Crippen LogP contribution >= 0.6 is 0 Å². The standard InChI is InChI=1S/C18H20N2O3/c19-18(23)16(12-14-4-2-1-3-5-14)20-17(22)11-8-13-6-9-15(21)10-7-13/h1-7,9-10,16,21H,8,11-12H2,(H2,19,23)(H,20,22)/t16-/m1/s1. The quantitative estimate of drug-likeness (QED) is 0.724. The number of nitrogens with two attached hydrogens (primary N) is 1. The monoisotopic (exact) mass is 312 g/mol. The second-order valence-corrected chi connectivity index (χ2v) is 5.38. The lowest BCUT2D eigenvalue weighted by Gasteiger charge is -2.15. The van der Waals surface area contributed by atoms with Crippen molar-refractivity contribution in [3.8, 4) is 5.75 Å². The number of rotatable bonds is 7. The van der Waals surface area contributed by atoms with Crippen molar-refractivity contribution < 1.29 is 14.7 Å². The summed E-state index contributed by atoms with van der Waals surface area (Å²) in [4.78, 5) is 23.6. The van der Waals surface area contributed by atoms with Crippen molar-refractivity contribution in [1.82, 2.24) is 5.32 Å². The molecule has 5 nitrogen and oxygen atoms in total. The fourth-order valence-electron chi connectivity index (χ4n) is 2.26. The van der Waals surface area contributed by atoms with Crippen molar-refractivity contribution in [2.75, 3.05) is 0 Å². The second kappa shape index (κ2) is 7.98. The summed E-state index contributed by atoms with van der Waals surface area (Å²) in [7, 11) is 0. The van der Waals surface area contributed by atoms with Crippen LogP contribution in [-0.4, -0.2) is 23.0 Å². The normalized spacial score (nSPS) is 11.7. The van der Waals surface area contributed by atoms with E-state index in [0.717, 1.165) is 11.1 Å². The van der Waals surface area contributed by atoms with E-state index in [-0.39, 0.29) is 18.1 Å². The van der Waals surface area contributed by atoms with Crippen LogP contribution in [0.3, 0.4) is 0 Å². The Kier molecular flexibility index (Phi) is 5.74. The van der Waals surface area contributed by atoms with Gasteiger partial charge >= 0.3 is 0 Å². The molecule has 5 heteroatoms. The SMILES string of the molecule is NC(=O)[C@@H](Cc1ccccc1)NC(=O)CCc1ccc(O)cc1. The smallest absolute Gasteiger partial charge is 0.240 e. The minimum atomic E-state index is -0.718. The molecule has 120 valence electrons. The molecular weight excluding hydrogens is 292 g/mol. The molecule has 0 aromatic heterocycles. The van der Waals surface area contributed by atoms with Gasteiger partial charge in [0.15, 0.2) is 0 Å². The van der Waals surface area contributed by atoms with E-state index in [2.05, 4.69) is 5.32 Å². The van der Waals surface area contributed by atoms with E-state index in [4.69, 9.17) is 5.73 Å². The molecule has 0 spiro atoms. The summed E-state index contributed by atoms with van der Waals surface area (Å²) in [5, 5.41) is 11.9. The molecule has 2 rings (SSSR count). The first-order valence-electron chi connectivity index (χ1n) is 7.45. The maximum absolute atomic E-state index is 12.0. The van der Waals surface area contributed by atoms with Gasteiger partial charge in [-0.15, -0.1) is 0 Å². The molecule has 0 heterocycles. The van der Waals surface area contributed by atoms with E-state index >= 15 is 0 Å². The lowest BCUT2D eigenvalue weighted by molar-refractivity contribution is -0.127. The molecule has 23 heavy (non-hydrogen) atoms. The highest BCUT2D eigenvalue weighted by molar-refractivity contribution is 5.86. The van der Waals surface area contributed by atoms with Crippen molar-refractivity contribution in [1.29, 1.82) is 0 Å². The molecule has 0 unspecified atom stereocenters. The molecule has 0 aliphatic rings. The number of benzene rings is 2. The van der Waals surface area contributed by atoms with Gasteiger partial charge in [-0.1, -0.05) is 42.5 Å². The van der Waals surface area contributed by atoms with E-state index in [1.54, 1.807) is 24.3 Å². The van der Waals surface area contributed by atoms with Gasteiger partial charge in [-0.25, -0.2) is 0 Å². The summed E-state index contributed by atoms with van der Waals surface area (Å²) in [5.41, 5.74) is 7.26. The molecule has 0 bridgehead atoms. The third-order valence-corrected chi connectivity index (χ3v) is 3.54. The summed E-state index contributed by atoms with van der Waals surface area (Å²) in [6.45, 7) is 0. The average Bonchev–Trinajstić information content (AvgIpc) is 2.54. The highest BCUT2D eigenvalue weighted by atomic mass is 16.3. The Balaban J connectivity index is 1.88. The van der Waals surface area contributed by atoms with Gasteiger partial charge in [-0.2, -0.15) is 0 Å². The molecule has 2 aromatic carbocycles. The zero-order valence-corrected chi connectivity index (χ0v) is 12.7. The number of amides is 2. The van der Waals surface area contributed by atoms with Gasteiger partial charge < -0.3 is 16.2 Å². The Hall–Kier alpha value is -2.82. The minimum absolute atomic E-state index is 0.190. The van der Waals surface area contributed by atoms with Crippen molar-refractivity contribution in [2.24, 2.45) is 5.73 Å². The van der Waals surface area contributed by atoms with Crippen LogP contribution in [0.2, 0.25) is 0 Å². The van der Waals surface area contributed by atoms with Crippen LogP contribution in [0, 0.1) is 0 Å². The van der Waals surface area contributed by atoms with E-state index in [9.17, 15) is 14.7 Å². The lowest BCUT2D eigenvalue weighted by Crippen LogP contribution is -2.45. The van der Waals surface area contributed by atoms with E-state index in [1.165, 1.54) is 0 Å². The number of hydrogen-bond acceptors (Lipinski definition) is 3. The largest absolute Gasteiger partial charge is 0.508 e. The van der Waals surface area contributed by atoms with Crippen LogP contribution in [-0.2, 0) is 22.4 Å². The fraction of sp³-hybridized carbons (Fsp3) is 0.222. The summed E-state index contributed by atoms with van der Waals surface area (Å²) < 4.78 is 0. The van der Waals surface area contributed by atoms with Crippen LogP contribution in [0.15, 0.2) is 54.6 Å². The van der Waals surface area contributed by atoms with Crippen LogP contribution < -0.4 is 11.1 Å². The Morgan fingerprint density at radius 3 is 2.26 bits per heavy atom. The molecule has 2 aromatic rings. The molecule has 4 N–H and O–H groups in total. The number of phenolic OH excluding ortho intramolecular Hbond substituents is 1. The van der Waals surface area contributed by atoms with Crippen molar-refractivity contribution in [3.63, 3.8) is 0 Å².